The van der Waals surface area contributed by atoms with Gasteiger partial charge < -0.3 is 15.1 Å². The number of nitrogens with one attached hydrogen (secondary N) is 1. The predicted molar refractivity (Wildman–Crippen MR) is 95.1 cm³/mol. The summed E-state index contributed by atoms with van der Waals surface area (Å²) in [6.45, 7) is 8.94. The molecule has 0 bridgehead atoms. The molecule has 1 fully saturated rings. The van der Waals surface area contributed by atoms with Crippen molar-refractivity contribution in [3.63, 3.8) is 0 Å². The van der Waals surface area contributed by atoms with Gasteiger partial charge >= 0.3 is 0 Å². The van der Waals surface area contributed by atoms with Crippen molar-refractivity contribution < 1.29 is 0 Å². The molecule has 118 valence electrons. The predicted octanol–water partition coefficient (Wildman–Crippen LogP) is 3.51. The second kappa shape index (κ2) is 7.61. The van der Waals surface area contributed by atoms with Crippen LogP contribution in [0.4, 0.5) is 5.69 Å². The van der Waals surface area contributed by atoms with Gasteiger partial charge in [0.2, 0.25) is 0 Å². The topological polar surface area (TPSA) is 18.5 Å². The van der Waals surface area contributed by atoms with Gasteiger partial charge in [0, 0.05) is 30.7 Å². The first-order valence-corrected chi connectivity index (χ1v) is 8.73. The summed E-state index contributed by atoms with van der Waals surface area (Å²) in [4.78, 5) is 4.81. The maximum absolute atomic E-state index is 3.75. The number of benzene rings is 1. The lowest BCUT2D eigenvalue weighted by molar-refractivity contribution is 0.396. The molecular weight excluding hydrogens is 326 g/mol. The third-order valence-corrected chi connectivity index (χ3v) is 5.05. The number of nitrogens with zero attached hydrogens (tertiary/aromatic N) is 2. The summed E-state index contributed by atoms with van der Waals surface area (Å²) in [5.74, 6) is 0.784. The summed E-state index contributed by atoms with van der Waals surface area (Å²) in [7, 11) is 4.42. The van der Waals surface area contributed by atoms with Gasteiger partial charge in [-0.25, -0.2) is 0 Å². The third kappa shape index (κ3) is 4.44. The molecule has 1 aliphatic heterocycles. The lowest BCUT2D eigenvalue weighted by Crippen LogP contribution is -2.27. The summed E-state index contributed by atoms with van der Waals surface area (Å²) < 4.78 is 1.19. The average molecular weight is 354 g/mol. The van der Waals surface area contributed by atoms with Crippen LogP contribution in [0.3, 0.4) is 0 Å². The van der Waals surface area contributed by atoms with E-state index in [4.69, 9.17) is 0 Å². The summed E-state index contributed by atoms with van der Waals surface area (Å²) in [6.07, 6.45) is 1.31. The van der Waals surface area contributed by atoms with Crippen LogP contribution in [0.25, 0.3) is 0 Å². The van der Waals surface area contributed by atoms with Gasteiger partial charge in [0.1, 0.15) is 0 Å². The van der Waals surface area contributed by atoms with Crippen LogP contribution in [-0.2, 0) is 0 Å². The smallest absolute Gasteiger partial charge is 0.0508 e. The maximum atomic E-state index is 3.75. The number of hydrogen-bond donors (Lipinski definition) is 1. The van der Waals surface area contributed by atoms with Crippen LogP contribution in [0.2, 0.25) is 0 Å². The highest BCUT2D eigenvalue weighted by Crippen LogP contribution is 2.30. The van der Waals surface area contributed by atoms with E-state index in [1.165, 1.54) is 35.2 Å². The zero-order valence-corrected chi connectivity index (χ0v) is 15.3. The second-order valence-corrected chi connectivity index (χ2v) is 7.14. The standard InChI is InChI=1S/C17H28BrN3/c1-5-19-13(2)15-6-7-17(16(18)10-15)21(4)12-14-8-9-20(3)11-14/h6-7,10,13-14,19H,5,8-9,11-12H2,1-4H3. The molecule has 2 rings (SSSR count). The Morgan fingerprint density at radius 3 is 2.81 bits per heavy atom. The van der Waals surface area contributed by atoms with Crippen LogP contribution in [-0.4, -0.2) is 45.2 Å². The molecule has 1 heterocycles. The fourth-order valence-corrected chi connectivity index (χ4v) is 3.89. The first-order valence-electron chi connectivity index (χ1n) is 7.93. The van der Waals surface area contributed by atoms with Crippen LogP contribution >= 0.6 is 15.9 Å². The number of anilines is 1. The number of likely N-dealkylation sites (tertiary alicyclic amines) is 1. The van der Waals surface area contributed by atoms with E-state index in [-0.39, 0.29) is 0 Å². The Bertz CT molecular complexity index is 463. The molecule has 1 saturated heterocycles. The SMILES string of the molecule is CCNC(C)c1ccc(N(C)CC2CCN(C)C2)c(Br)c1. The highest BCUT2D eigenvalue weighted by atomic mass is 79.9. The molecule has 0 aromatic heterocycles. The van der Waals surface area contributed by atoms with Crippen LogP contribution in [0.15, 0.2) is 22.7 Å². The van der Waals surface area contributed by atoms with Gasteiger partial charge in [-0.1, -0.05) is 13.0 Å². The van der Waals surface area contributed by atoms with Crippen molar-refractivity contribution >= 4 is 21.6 Å². The Kier molecular flexibility index (Phi) is 6.08. The van der Waals surface area contributed by atoms with Gasteiger partial charge in [-0.15, -0.1) is 0 Å². The number of halogens is 1. The number of hydrogen-bond acceptors (Lipinski definition) is 3. The highest BCUT2D eigenvalue weighted by Gasteiger charge is 2.21. The van der Waals surface area contributed by atoms with Crippen molar-refractivity contribution in [3.8, 4) is 0 Å². The molecule has 1 N–H and O–H groups in total. The van der Waals surface area contributed by atoms with E-state index in [2.05, 4.69) is 77.2 Å². The Hall–Kier alpha value is -0.580. The molecule has 3 nitrogen and oxygen atoms in total. The Morgan fingerprint density at radius 1 is 1.48 bits per heavy atom. The zero-order chi connectivity index (χ0) is 15.4. The normalized spacial score (nSPS) is 20.7. The third-order valence-electron chi connectivity index (χ3n) is 4.41. The quantitative estimate of drug-likeness (QED) is 0.844. The molecule has 0 radical (unpaired) electrons. The van der Waals surface area contributed by atoms with E-state index >= 15 is 0 Å². The first kappa shape index (κ1) is 16.8. The molecule has 0 amide bonds. The van der Waals surface area contributed by atoms with E-state index in [1.807, 2.05) is 0 Å². The van der Waals surface area contributed by atoms with Gasteiger partial charge in [-0.3, -0.25) is 0 Å². The van der Waals surface area contributed by atoms with Crippen molar-refractivity contribution in [2.75, 3.05) is 45.2 Å². The van der Waals surface area contributed by atoms with Crippen molar-refractivity contribution in [1.82, 2.24) is 10.2 Å². The van der Waals surface area contributed by atoms with E-state index in [1.54, 1.807) is 0 Å². The van der Waals surface area contributed by atoms with Crippen molar-refractivity contribution in [3.05, 3.63) is 28.2 Å². The largest absolute Gasteiger partial charge is 0.373 e. The van der Waals surface area contributed by atoms with E-state index in [0.29, 0.717) is 6.04 Å². The van der Waals surface area contributed by atoms with E-state index in [0.717, 1.165) is 19.0 Å². The first-order chi connectivity index (χ1) is 10.0. The van der Waals surface area contributed by atoms with Gasteiger partial charge in [0.15, 0.2) is 0 Å². The fraction of sp³-hybridized carbons (Fsp3) is 0.647. The summed E-state index contributed by atoms with van der Waals surface area (Å²) in [5, 5.41) is 3.46. The minimum atomic E-state index is 0.397. The minimum absolute atomic E-state index is 0.397. The Morgan fingerprint density at radius 2 is 2.24 bits per heavy atom. The molecule has 2 atom stereocenters. The fourth-order valence-electron chi connectivity index (χ4n) is 3.19. The highest BCUT2D eigenvalue weighted by molar-refractivity contribution is 9.10. The van der Waals surface area contributed by atoms with E-state index < -0.39 is 0 Å². The second-order valence-electron chi connectivity index (χ2n) is 6.29. The van der Waals surface area contributed by atoms with Crippen LogP contribution in [0.1, 0.15) is 31.9 Å². The molecule has 21 heavy (non-hydrogen) atoms. The van der Waals surface area contributed by atoms with Gasteiger partial charge in [0.25, 0.3) is 0 Å². The van der Waals surface area contributed by atoms with Crippen molar-refractivity contribution in [2.24, 2.45) is 5.92 Å². The van der Waals surface area contributed by atoms with Crippen LogP contribution in [0, 0.1) is 5.92 Å². The average Bonchev–Trinajstić information content (AvgIpc) is 2.84. The van der Waals surface area contributed by atoms with Gasteiger partial charge in [0.05, 0.1) is 5.69 Å². The Balaban J connectivity index is 2.02. The minimum Gasteiger partial charge on any atom is -0.373 e. The van der Waals surface area contributed by atoms with Crippen molar-refractivity contribution in [2.45, 2.75) is 26.3 Å². The summed E-state index contributed by atoms with van der Waals surface area (Å²) in [5.41, 5.74) is 2.62. The summed E-state index contributed by atoms with van der Waals surface area (Å²) in [6, 6.07) is 7.13. The van der Waals surface area contributed by atoms with Gasteiger partial charge in [-0.05, 0) is 73.0 Å². The van der Waals surface area contributed by atoms with Crippen LogP contribution < -0.4 is 10.2 Å². The van der Waals surface area contributed by atoms with Gasteiger partial charge in [-0.2, -0.15) is 0 Å². The zero-order valence-electron chi connectivity index (χ0n) is 13.7. The molecule has 4 heteroatoms. The van der Waals surface area contributed by atoms with Crippen LogP contribution in [0.5, 0.6) is 0 Å². The molecule has 0 aliphatic carbocycles. The Labute approximate surface area is 137 Å². The molecule has 1 aliphatic rings. The van der Waals surface area contributed by atoms with Crippen molar-refractivity contribution in [1.29, 1.82) is 0 Å². The maximum Gasteiger partial charge on any atom is 0.0508 e. The molecule has 0 saturated carbocycles. The monoisotopic (exact) mass is 353 g/mol. The lowest BCUT2D eigenvalue weighted by Gasteiger charge is -2.25. The molecule has 1 aromatic carbocycles. The molecular formula is C17H28BrN3. The van der Waals surface area contributed by atoms with E-state index in [9.17, 15) is 0 Å². The lowest BCUT2D eigenvalue weighted by atomic mass is 10.1. The molecule has 0 spiro atoms. The molecule has 2 unspecified atom stereocenters. The number of rotatable bonds is 6. The summed E-state index contributed by atoms with van der Waals surface area (Å²) >= 11 is 3.75. The molecule has 1 aromatic rings.